The number of hydrogen-bond acceptors (Lipinski definition) is 8. The maximum absolute atomic E-state index is 11.9. The number of ether oxygens (including phenoxy) is 4. The summed E-state index contributed by atoms with van der Waals surface area (Å²) in [5, 5.41) is 21.9. The molecule has 0 saturated carbocycles. The Labute approximate surface area is 192 Å². The molecule has 0 aromatic heterocycles. The summed E-state index contributed by atoms with van der Waals surface area (Å²) in [6.45, 7) is 4.37. The van der Waals surface area contributed by atoms with E-state index in [0.29, 0.717) is 35.2 Å². The van der Waals surface area contributed by atoms with E-state index >= 15 is 0 Å². The van der Waals surface area contributed by atoms with Gasteiger partial charge in [0, 0.05) is 18.2 Å². The number of allylic oxidation sites excluding steroid dienone is 2. The van der Waals surface area contributed by atoms with E-state index in [2.05, 4.69) is 0 Å². The van der Waals surface area contributed by atoms with Crippen LogP contribution in [0.2, 0.25) is 0 Å². The van der Waals surface area contributed by atoms with Gasteiger partial charge in [0.05, 0.1) is 26.3 Å². The highest BCUT2D eigenvalue weighted by Gasteiger charge is 2.41. The van der Waals surface area contributed by atoms with Crippen molar-refractivity contribution in [2.75, 3.05) is 21.0 Å². The number of aliphatic carboxylic acids is 1. The molecule has 9 nitrogen and oxygen atoms in total. The van der Waals surface area contributed by atoms with Crippen LogP contribution in [0.5, 0.6) is 23.0 Å². The first-order chi connectivity index (χ1) is 15.8. The quantitative estimate of drug-likeness (QED) is 0.615. The summed E-state index contributed by atoms with van der Waals surface area (Å²) in [6.07, 6.45) is -0.820. The second-order valence-corrected chi connectivity index (χ2v) is 8.06. The van der Waals surface area contributed by atoms with Crippen molar-refractivity contribution >= 4 is 5.97 Å². The first-order valence-corrected chi connectivity index (χ1v) is 10.6. The average Bonchev–Trinajstić information content (AvgIpc) is 3.36. The van der Waals surface area contributed by atoms with Gasteiger partial charge in [-0.3, -0.25) is 10.0 Å². The second kappa shape index (κ2) is 9.11. The lowest BCUT2D eigenvalue weighted by Crippen LogP contribution is -2.43. The van der Waals surface area contributed by atoms with E-state index in [4.69, 9.17) is 18.9 Å². The molecular formula is C24H28N2O7. The van der Waals surface area contributed by atoms with Crippen LogP contribution in [0.3, 0.4) is 0 Å². The van der Waals surface area contributed by atoms with Crippen molar-refractivity contribution in [1.82, 2.24) is 9.96 Å². The summed E-state index contributed by atoms with van der Waals surface area (Å²) in [5.74, 6) is 0.881. The van der Waals surface area contributed by atoms with E-state index < -0.39 is 18.1 Å². The van der Waals surface area contributed by atoms with Crippen LogP contribution in [-0.4, -0.2) is 53.4 Å². The van der Waals surface area contributed by atoms with Gasteiger partial charge in [-0.1, -0.05) is 12.1 Å². The highest BCUT2D eigenvalue weighted by Crippen LogP contribution is 2.42. The fourth-order valence-corrected chi connectivity index (χ4v) is 4.41. The molecule has 2 aromatic rings. The smallest absolute Gasteiger partial charge is 0.304 e. The number of nitrogens with zero attached hydrogens (tertiary/aromatic N) is 2. The molecule has 4 rings (SSSR count). The molecule has 2 atom stereocenters. The Kier molecular flexibility index (Phi) is 6.24. The predicted molar refractivity (Wildman–Crippen MR) is 118 cm³/mol. The number of fused-ring (bicyclic) bond motifs is 1. The van der Waals surface area contributed by atoms with E-state index in [-0.39, 0.29) is 13.2 Å². The normalized spacial score (nSPS) is 18.0. The van der Waals surface area contributed by atoms with Crippen LogP contribution in [0.4, 0.5) is 0 Å². The molecule has 0 amide bonds. The van der Waals surface area contributed by atoms with Gasteiger partial charge in [-0.15, -0.1) is 0 Å². The van der Waals surface area contributed by atoms with Crippen LogP contribution in [0.1, 0.15) is 37.3 Å². The monoisotopic (exact) mass is 456 g/mol. The molecule has 2 aliphatic heterocycles. The van der Waals surface area contributed by atoms with Gasteiger partial charge in [-0.05, 0) is 49.2 Å². The fraction of sp³-hybridized carbons (Fsp3) is 0.375. The molecule has 2 aromatic carbocycles. The van der Waals surface area contributed by atoms with Crippen LogP contribution in [0, 0.1) is 0 Å². The van der Waals surface area contributed by atoms with E-state index in [1.165, 1.54) is 7.11 Å². The number of benzene rings is 2. The highest BCUT2D eigenvalue weighted by molar-refractivity contribution is 5.68. The van der Waals surface area contributed by atoms with Crippen molar-refractivity contribution in [3.63, 3.8) is 0 Å². The number of hydroxylamine groups is 2. The molecule has 0 radical (unpaired) electrons. The van der Waals surface area contributed by atoms with Crippen LogP contribution in [0.15, 0.2) is 47.8 Å². The van der Waals surface area contributed by atoms with Gasteiger partial charge < -0.3 is 29.0 Å². The molecule has 2 heterocycles. The first-order valence-electron chi connectivity index (χ1n) is 10.6. The third kappa shape index (κ3) is 4.23. The minimum atomic E-state index is -0.964. The number of rotatable bonds is 8. The van der Waals surface area contributed by atoms with Crippen molar-refractivity contribution in [3.8, 4) is 23.0 Å². The molecule has 0 spiro atoms. The largest absolute Gasteiger partial charge is 0.493 e. The molecule has 0 bridgehead atoms. The van der Waals surface area contributed by atoms with Gasteiger partial charge >= 0.3 is 5.97 Å². The SMILES string of the molecule is COc1ccc(C(CC(=O)O)C2N(O)C(C)=C(C)N2Cc2ccc3c(c2)OCO3)cc1OC. The number of carbonyl (C=O) groups is 1. The van der Waals surface area contributed by atoms with Crippen molar-refractivity contribution in [2.24, 2.45) is 0 Å². The molecule has 0 fully saturated rings. The zero-order valence-corrected chi connectivity index (χ0v) is 19.1. The minimum absolute atomic E-state index is 0.185. The minimum Gasteiger partial charge on any atom is -0.493 e. The van der Waals surface area contributed by atoms with E-state index in [1.807, 2.05) is 43.0 Å². The van der Waals surface area contributed by atoms with Crippen molar-refractivity contribution < 1.29 is 34.1 Å². The lowest BCUT2D eigenvalue weighted by molar-refractivity contribution is -0.144. The Bertz CT molecular complexity index is 1080. The summed E-state index contributed by atoms with van der Waals surface area (Å²) in [6, 6.07) is 11.0. The van der Waals surface area contributed by atoms with Gasteiger partial charge in [0.25, 0.3) is 0 Å². The number of carboxylic acid groups (broad SMARTS) is 1. The number of carboxylic acids is 1. The number of hydrogen-bond donors (Lipinski definition) is 2. The molecule has 2 N–H and O–H groups in total. The van der Waals surface area contributed by atoms with Gasteiger partial charge in [0.15, 0.2) is 23.0 Å². The maximum Gasteiger partial charge on any atom is 0.304 e. The Morgan fingerprint density at radius 3 is 2.48 bits per heavy atom. The van der Waals surface area contributed by atoms with Crippen LogP contribution < -0.4 is 18.9 Å². The Balaban J connectivity index is 1.72. The van der Waals surface area contributed by atoms with Crippen molar-refractivity contribution in [2.45, 2.75) is 38.9 Å². The van der Waals surface area contributed by atoms with Crippen LogP contribution >= 0.6 is 0 Å². The first kappa shape index (κ1) is 22.6. The second-order valence-electron chi connectivity index (χ2n) is 8.06. The molecule has 2 unspecified atom stereocenters. The molecule has 0 saturated heterocycles. The summed E-state index contributed by atoms with van der Waals surface area (Å²) in [5.41, 5.74) is 3.19. The lowest BCUT2D eigenvalue weighted by atomic mass is 9.91. The van der Waals surface area contributed by atoms with E-state index in [1.54, 1.807) is 19.2 Å². The Hall–Kier alpha value is -3.59. The highest BCUT2D eigenvalue weighted by atomic mass is 16.7. The maximum atomic E-state index is 11.9. The molecule has 2 aliphatic rings. The average molecular weight is 456 g/mol. The molecule has 9 heteroatoms. The molecular weight excluding hydrogens is 428 g/mol. The lowest BCUT2D eigenvalue weighted by Gasteiger charge is -2.37. The topological polar surface area (TPSA) is 101 Å². The third-order valence-electron chi connectivity index (χ3n) is 6.25. The van der Waals surface area contributed by atoms with Crippen LogP contribution in [0.25, 0.3) is 0 Å². The van der Waals surface area contributed by atoms with E-state index in [9.17, 15) is 15.1 Å². The van der Waals surface area contributed by atoms with E-state index in [0.717, 1.165) is 21.9 Å². The summed E-state index contributed by atoms with van der Waals surface area (Å²) < 4.78 is 21.7. The Morgan fingerprint density at radius 2 is 1.79 bits per heavy atom. The fourth-order valence-electron chi connectivity index (χ4n) is 4.41. The van der Waals surface area contributed by atoms with Gasteiger partial charge in [-0.2, -0.15) is 0 Å². The summed E-state index contributed by atoms with van der Waals surface area (Å²) in [7, 11) is 3.08. The third-order valence-corrected chi connectivity index (χ3v) is 6.25. The van der Waals surface area contributed by atoms with Gasteiger partial charge in [0.2, 0.25) is 6.79 Å². The van der Waals surface area contributed by atoms with Crippen LogP contribution in [-0.2, 0) is 11.3 Å². The van der Waals surface area contributed by atoms with Crippen molar-refractivity contribution in [3.05, 3.63) is 58.9 Å². The van der Waals surface area contributed by atoms with Gasteiger partial charge in [-0.25, -0.2) is 5.06 Å². The zero-order chi connectivity index (χ0) is 23.7. The van der Waals surface area contributed by atoms with Gasteiger partial charge in [0.1, 0.15) is 6.17 Å². The van der Waals surface area contributed by atoms with Crippen molar-refractivity contribution in [1.29, 1.82) is 0 Å². The standard InChI is InChI=1S/C24H28N2O7/c1-14-15(2)26(29)24(25(14)12-16-5-7-20-22(9-16)33-13-32-20)18(11-23(27)28)17-6-8-19(30-3)21(10-17)31-4/h5-10,18,24,29H,11-13H2,1-4H3,(H,27,28). The molecule has 176 valence electrons. The molecule has 0 aliphatic carbocycles. The summed E-state index contributed by atoms with van der Waals surface area (Å²) >= 11 is 0. The Morgan fingerprint density at radius 1 is 1.06 bits per heavy atom. The predicted octanol–water partition coefficient (Wildman–Crippen LogP) is 3.78. The zero-order valence-electron chi connectivity index (χ0n) is 19.1. The molecule has 33 heavy (non-hydrogen) atoms. The summed E-state index contributed by atoms with van der Waals surface area (Å²) in [4.78, 5) is 13.9. The number of methoxy groups -OCH3 is 2.